The fourth-order valence-corrected chi connectivity index (χ4v) is 3.94. The van der Waals surface area contributed by atoms with Gasteiger partial charge >= 0.3 is 0 Å². The van der Waals surface area contributed by atoms with Crippen LogP contribution in [0.5, 0.6) is 0 Å². The number of benzene rings is 2. The number of nitrogens with one attached hydrogen (secondary N) is 1. The van der Waals surface area contributed by atoms with Gasteiger partial charge in [0.15, 0.2) is 0 Å². The van der Waals surface area contributed by atoms with Crippen LogP contribution in [0.1, 0.15) is 50.3 Å². The molecule has 0 unspecified atom stereocenters. The van der Waals surface area contributed by atoms with Crippen molar-refractivity contribution < 1.29 is 14.4 Å². The number of piperidine rings is 1. The third kappa shape index (κ3) is 3.09. The number of anilines is 2. The molecule has 1 fully saturated rings. The van der Waals surface area contributed by atoms with Crippen molar-refractivity contribution in [3.05, 3.63) is 59.2 Å². The number of carbonyl (C=O) groups excluding carboxylic acids is 3. The van der Waals surface area contributed by atoms with Gasteiger partial charge < -0.3 is 20.9 Å². The van der Waals surface area contributed by atoms with Crippen molar-refractivity contribution >= 4 is 29.1 Å². The van der Waals surface area contributed by atoms with Crippen molar-refractivity contribution in [2.24, 2.45) is 5.73 Å². The molecule has 0 aromatic heterocycles. The summed E-state index contributed by atoms with van der Waals surface area (Å²) in [5.41, 5.74) is 8.06. The summed E-state index contributed by atoms with van der Waals surface area (Å²) >= 11 is 0. The van der Waals surface area contributed by atoms with Gasteiger partial charge in [0.25, 0.3) is 11.8 Å². The topological polar surface area (TPSA) is 95.7 Å². The normalized spacial score (nSPS) is 18.3. The van der Waals surface area contributed by atoms with E-state index in [1.54, 1.807) is 42.5 Å². The van der Waals surface area contributed by atoms with Crippen LogP contribution in [0, 0.1) is 0 Å². The lowest BCUT2D eigenvalue weighted by molar-refractivity contribution is 0.0589. The number of hydrogen-bond donors (Lipinski definition) is 2. The van der Waals surface area contributed by atoms with E-state index in [4.69, 9.17) is 5.73 Å². The van der Waals surface area contributed by atoms with E-state index in [9.17, 15) is 14.4 Å². The van der Waals surface area contributed by atoms with Crippen LogP contribution in [0.2, 0.25) is 0 Å². The highest BCUT2D eigenvalue weighted by molar-refractivity contribution is 6.08. The lowest BCUT2D eigenvalue weighted by atomic mass is 9.97. The van der Waals surface area contributed by atoms with Gasteiger partial charge in [-0.15, -0.1) is 0 Å². The highest BCUT2D eigenvalue weighted by atomic mass is 16.2. The Hall–Kier alpha value is -3.35. The Morgan fingerprint density at radius 2 is 1.79 bits per heavy atom. The van der Waals surface area contributed by atoms with Crippen molar-refractivity contribution in [1.82, 2.24) is 4.90 Å². The summed E-state index contributed by atoms with van der Waals surface area (Å²) in [6, 6.07) is 11.6. The number of amides is 3. The van der Waals surface area contributed by atoms with Gasteiger partial charge in [-0.1, -0.05) is 0 Å². The summed E-state index contributed by atoms with van der Waals surface area (Å²) in [4.78, 5) is 40.7. The van der Waals surface area contributed by atoms with E-state index in [2.05, 4.69) is 10.2 Å². The fraction of sp³-hybridized carbons (Fsp3) is 0.286. The van der Waals surface area contributed by atoms with Gasteiger partial charge in [0.05, 0.1) is 11.3 Å². The zero-order chi connectivity index (χ0) is 19.8. The zero-order valence-electron chi connectivity index (χ0n) is 15.6. The molecule has 1 atom stereocenters. The minimum Gasteiger partial charge on any atom is -0.366 e. The molecule has 0 saturated carbocycles. The van der Waals surface area contributed by atoms with Crippen molar-refractivity contribution in [3.63, 3.8) is 0 Å². The molecule has 2 aliphatic rings. The lowest BCUT2D eigenvalue weighted by Crippen LogP contribution is -2.55. The predicted molar refractivity (Wildman–Crippen MR) is 106 cm³/mol. The number of rotatable bonds is 3. The van der Waals surface area contributed by atoms with Gasteiger partial charge in [0.1, 0.15) is 6.17 Å². The number of hydrogen-bond acceptors (Lipinski definition) is 4. The molecular weight excluding hydrogens is 356 g/mol. The SMILES string of the molecule is CN1c2cc(C(=O)Nc3ccc(C(N)=O)cc3)ccc2C(=O)N2CCCC[C@H]21. The number of nitrogens with zero attached hydrogens (tertiary/aromatic N) is 2. The average Bonchev–Trinajstić information content (AvgIpc) is 2.72. The quantitative estimate of drug-likeness (QED) is 0.857. The summed E-state index contributed by atoms with van der Waals surface area (Å²) in [7, 11) is 1.97. The first kappa shape index (κ1) is 18.0. The number of primary amides is 1. The molecular formula is C21H22N4O3. The van der Waals surface area contributed by atoms with E-state index >= 15 is 0 Å². The molecule has 28 heavy (non-hydrogen) atoms. The summed E-state index contributed by atoms with van der Waals surface area (Å²) in [5, 5.41) is 2.81. The van der Waals surface area contributed by atoms with Gasteiger partial charge in [-0.25, -0.2) is 0 Å². The lowest BCUT2D eigenvalue weighted by Gasteiger charge is -2.46. The van der Waals surface area contributed by atoms with Crippen molar-refractivity contribution in [2.45, 2.75) is 25.4 Å². The Kier molecular flexibility index (Phi) is 4.50. The van der Waals surface area contributed by atoms with Crippen LogP contribution in [-0.4, -0.2) is 42.4 Å². The second kappa shape index (κ2) is 6.99. The number of fused-ring (bicyclic) bond motifs is 2. The van der Waals surface area contributed by atoms with Crippen LogP contribution in [0.4, 0.5) is 11.4 Å². The molecule has 0 bridgehead atoms. The second-order valence-corrected chi connectivity index (χ2v) is 7.21. The van der Waals surface area contributed by atoms with Crippen molar-refractivity contribution in [2.75, 3.05) is 23.8 Å². The van der Waals surface area contributed by atoms with E-state index in [0.717, 1.165) is 31.5 Å². The Morgan fingerprint density at radius 1 is 1.07 bits per heavy atom. The molecule has 0 radical (unpaired) electrons. The summed E-state index contributed by atoms with van der Waals surface area (Å²) in [6.45, 7) is 0.775. The molecule has 2 aliphatic heterocycles. The maximum Gasteiger partial charge on any atom is 0.257 e. The van der Waals surface area contributed by atoms with E-state index in [1.165, 1.54) is 0 Å². The van der Waals surface area contributed by atoms with Gasteiger partial charge in [0.2, 0.25) is 5.91 Å². The monoisotopic (exact) mass is 378 g/mol. The van der Waals surface area contributed by atoms with E-state index in [-0.39, 0.29) is 18.0 Å². The van der Waals surface area contributed by atoms with Crippen LogP contribution in [0.25, 0.3) is 0 Å². The molecule has 3 N–H and O–H groups in total. The second-order valence-electron chi connectivity index (χ2n) is 7.21. The average molecular weight is 378 g/mol. The Morgan fingerprint density at radius 3 is 2.50 bits per heavy atom. The predicted octanol–water partition coefficient (Wildman–Crippen LogP) is 2.44. The van der Waals surface area contributed by atoms with Gasteiger partial charge in [0, 0.05) is 30.4 Å². The third-order valence-corrected chi connectivity index (χ3v) is 5.48. The highest BCUT2D eigenvalue weighted by Gasteiger charge is 2.37. The van der Waals surface area contributed by atoms with Gasteiger partial charge in [-0.05, 0) is 61.7 Å². The van der Waals surface area contributed by atoms with Crippen LogP contribution in [-0.2, 0) is 0 Å². The maximum absolute atomic E-state index is 12.8. The summed E-state index contributed by atoms with van der Waals surface area (Å²) in [6.07, 6.45) is 3.11. The van der Waals surface area contributed by atoms with Crippen molar-refractivity contribution in [1.29, 1.82) is 0 Å². The molecule has 2 aromatic carbocycles. The number of nitrogens with two attached hydrogens (primary N) is 1. The molecule has 144 valence electrons. The van der Waals surface area contributed by atoms with Crippen LogP contribution >= 0.6 is 0 Å². The molecule has 7 nitrogen and oxygen atoms in total. The molecule has 0 spiro atoms. The fourth-order valence-electron chi connectivity index (χ4n) is 3.94. The third-order valence-electron chi connectivity index (χ3n) is 5.48. The van der Waals surface area contributed by atoms with Crippen LogP contribution in [0.15, 0.2) is 42.5 Å². The van der Waals surface area contributed by atoms with Crippen LogP contribution in [0.3, 0.4) is 0 Å². The Bertz CT molecular complexity index is 955. The largest absolute Gasteiger partial charge is 0.366 e. The first-order valence-corrected chi connectivity index (χ1v) is 9.35. The van der Waals surface area contributed by atoms with E-state index in [1.807, 2.05) is 11.9 Å². The molecule has 2 heterocycles. The first-order valence-electron chi connectivity index (χ1n) is 9.35. The summed E-state index contributed by atoms with van der Waals surface area (Å²) in [5.74, 6) is -0.759. The molecule has 4 rings (SSSR count). The molecule has 2 aromatic rings. The molecule has 7 heteroatoms. The standard InChI is InChI=1S/C21H22N4O3/c1-24-17-12-14(20(27)23-15-8-5-13(6-9-15)19(22)26)7-10-16(17)21(28)25-11-3-2-4-18(24)25/h5-10,12,18H,2-4,11H2,1H3,(H2,22,26)(H,23,27)/t18-/m0/s1. The smallest absolute Gasteiger partial charge is 0.257 e. The van der Waals surface area contributed by atoms with E-state index in [0.29, 0.717) is 22.4 Å². The molecule has 3 amide bonds. The first-order chi connectivity index (χ1) is 13.5. The minimum absolute atomic E-state index is 0.0341. The highest BCUT2D eigenvalue weighted by Crippen LogP contribution is 2.34. The van der Waals surface area contributed by atoms with Crippen LogP contribution < -0.4 is 16.0 Å². The van der Waals surface area contributed by atoms with Gasteiger partial charge in [-0.2, -0.15) is 0 Å². The Balaban J connectivity index is 1.58. The van der Waals surface area contributed by atoms with E-state index < -0.39 is 5.91 Å². The van der Waals surface area contributed by atoms with Gasteiger partial charge in [-0.3, -0.25) is 14.4 Å². The Labute approximate surface area is 163 Å². The molecule has 1 saturated heterocycles. The zero-order valence-corrected chi connectivity index (χ0v) is 15.6. The maximum atomic E-state index is 12.8. The van der Waals surface area contributed by atoms with Crippen molar-refractivity contribution in [3.8, 4) is 0 Å². The molecule has 0 aliphatic carbocycles. The number of carbonyl (C=O) groups is 3. The summed E-state index contributed by atoms with van der Waals surface area (Å²) < 4.78 is 0. The minimum atomic E-state index is -0.517.